The van der Waals surface area contributed by atoms with E-state index >= 15 is 0 Å². The number of sulfonamides is 1. The van der Waals surface area contributed by atoms with Gasteiger partial charge >= 0.3 is 0 Å². The lowest BCUT2D eigenvalue weighted by Gasteiger charge is -2.38. The molecule has 0 radical (unpaired) electrons. The number of amides is 2. The van der Waals surface area contributed by atoms with E-state index in [1.807, 2.05) is 18.2 Å². The van der Waals surface area contributed by atoms with Crippen molar-refractivity contribution in [3.8, 4) is 0 Å². The Morgan fingerprint density at radius 2 is 1.81 bits per heavy atom. The molecule has 1 N–H and O–H groups in total. The maximum atomic E-state index is 13.3. The van der Waals surface area contributed by atoms with Crippen molar-refractivity contribution in [2.24, 2.45) is 5.92 Å². The molecule has 0 saturated carbocycles. The van der Waals surface area contributed by atoms with Gasteiger partial charge in [-0.2, -0.15) is 4.31 Å². The summed E-state index contributed by atoms with van der Waals surface area (Å²) in [5.74, 6) is -0.0962. The van der Waals surface area contributed by atoms with E-state index in [1.165, 1.54) is 6.08 Å². The fourth-order valence-corrected chi connectivity index (χ4v) is 6.72. The van der Waals surface area contributed by atoms with Gasteiger partial charge < -0.3 is 15.0 Å². The average Bonchev–Trinajstić information content (AvgIpc) is 3.20. The summed E-state index contributed by atoms with van der Waals surface area (Å²) in [7, 11) is -3.47. The van der Waals surface area contributed by atoms with Gasteiger partial charge in [0.2, 0.25) is 15.9 Å². The van der Waals surface area contributed by atoms with Crippen LogP contribution in [0, 0.1) is 5.92 Å². The summed E-state index contributed by atoms with van der Waals surface area (Å²) in [6, 6.07) is 9.07. The molecule has 9 heteroatoms. The van der Waals surface area contributed by atoms with Gasteiger partial charge in [0, 0.05) is 31.7 Å². The van der Waals surface area contributed by atoms with Gasteiger partial charge in [-0.1, -0.05) is 24.8 Å². The molecular formula is C22H29N3O5S. The van der Waals surface area contributed by atoms with Gasteiger partial charge in [-0.25, -0.2) is 8.42 Å². The number of likely N-dealkylation sites (tertiary alicyclic amines) is 1. The van der Waals surface area contributed by atoms with Crippen molar-refractivity contribution in [2.75, 3.05) is 26.2 Å². The van der Waals surface area contributed by atoms with Gasteiger partial charge in [0.25, 0.3) is 5.91 Å². The van der Waals surface area contributed by atoms with Crippen LogP contribution in [-0.2, 0) is 19.6 Å². The predicted molar refractivity (Wildman–Crippen MR) is 116 cm³/mol. The van der Waals surface area contributed by atoms with Gasteiger partial charge in [-0.3, -0.25) is 9.59 Å². The van der Waals surface area contributed by atoms with E-state index in [2.05, 4.69) is 11.9 Å². The predicted octanol–water partition coefficient (Wildman–Crippen LogP) is 1.36. The summed E-state index contributed by atoms with van der Waals surface area (Å²) in [6.07, 6.45) is 2.88. The van der Waals surface area contributed by atoms with Crippen LogP contribution in [0.5, 0.6) is 0 Å². The largest absolute Gasteiger partial charge is 0.354 e. The van der Waals surface area contributed by atoms with Crippen molar-refractivity contribution < 1.29 is 22.7 Å². The molecule has 3 fully saturated rings. The number of benzene rings is 1. The van der Waals surface area contributed by atoms with Crippen LogP contribution in [0.3, 0.4) is 0 Å². The zero-order chi connectivity index (χ0) is 22.0. The normalized spacial score (nSPS) is 27.5. The maximum absolute atomic E-state index is 13.3. The molecule has 0 aromatic heterocycles. The van der Waals surface area contributed by atoms with E-state index in [0.717, 1.165) is 6.42 Å². The number of piperidine rings is 2. The number of hydrogen-bond acceptors (Lipinski definition) is 5. The molecule has 0 bridgehead atoms. The van der Waals surface area contributed by atoms with Gasteiger partial charge in [0.05, 0.1) is 11.4 Å². The molecule has 2 amide bonds. The second kappa shape index (κ2) is 9.10. The lowest BCUT2D eigenvalue weighted by molar-refractivity contribution is -0.120. The Hall–Kier alpha value is -2.23. The first-order chi connectivity index (χ1) is 14.9. The van der Waals surface area contributed by atoms with Crippen molar-refractivity contribution in [3.05, 3.63) is 48.6 Å². The molecule has 3 heterocycles. The van der Waals surface area contributed by atoms with E-state index in [9.17, 15) is 18.0 Å². The summed E-state index contributed by atoms with van der Waals surface area (Å²) in [5, 5.41) is 2.26. The lowest BCUT2D eigenvalue weighted by atomic mass is 9.94. The second-order valence-electron chi connectivity index (χ2n) is 8.42. The molecule has 3 unspecified atom stereocenters. The Bertz CT molecular complexity index is 928. The van der Waals surface area contributed by atoms with Crippen molar-refractivity contribution in [3.63, 3.8) is 0 Å². The van der Waals surface area contributed by atoms with Crippen molar-refractivity contribution >= 4 is 21.8 Å². The van der Waals surface area contributed by atoms with Crippen LogP contribution in [0.2, 0.25) is 0 Å². The zero-order valence-corrected chi connectivity index (χ0v) is 18.3. The van der Waals surface area contributed by atoms with Crippen LogP contribution in [0.1, 0.15) is 36.0 Å². The highest BCUT2D eigenvalue weighted by Crippen LogP contribution is 2.34. The summed E-state index contributed by atoms with van der Waals surface area (Å²) in [6.45, 7) is 5.10. The second-order valence-corrected chi connectivity index (χ2v) is 10.6. The van der Waals surface area contributed by atoms with E-state index in [1.54, 1.807) is 21.3 Å². The van der Waals surface area contributed by atoms with Crippen LogP contribution in [-0.4, -0.2) is 73.2 Å². The van der Waals surface area contributed by atoms with Crippen LogP contribution < -0.4 is 5.32 Å². The molecule has 3 aliphatic rings. The van der Waals surface area contributed by atoms with Gasteiger partial charge in [-0.05, 0) is 49.8 Å². The van der Waals surface area contributed by atoms with E-state index < -0.39 is 21.5 Å². The fourth-order valence-electron chi connectivity index (χ4n) is 4.77. The number of hydrogen-bond donors (Lipinski definition) is 1. The highest BCUT2D eigenvalue weighted by molar-refractivity contribution is 7.89. The van der Waals surface area contributed by atoms with E-state index in [0.29, 0.717) is 51.0 Å². The number of rotatable bonds is 5. The van der Waals surface area contributed by atoms with E-state index in [-0.39, 0.29) is 23.8 Å². The standard InChI is InChI=1S/C22H29N3O5S/c1-2-20(26)23-21-14-17-8-13-25(15-19(17)30-21)31(28,29)18-9-11-24(12-10-18)22(27)16-6-4-3-5-7-16/h2-7,17-19,21H,1,8-15H2,(H,23,26). The highest BCUT2D eigenvalue weighted by Gasteiger charge is 2.44. The monoisotopic (exact) mass is 447 g/mol. The molecule has 8 nitrogen and oxygen atoms in total. The summed E-state index contributed by atoms with van der Waals surface area (Å²) >= 11 is 0. The molecule has 3 atom stereocenters. The minimum absolute atomic E-state index is 0.0516. The first-order valence-corrected chi connectivity index (χ1v) is 12.3. The summed E-state index contributed by atoms with van der Waals surface area (Å²) in [4.78, 5) is 25.9. The zero-order valence-electron chi connectivity index (χ0n) is 17.5. The fraction of sp³-hybridized carbons (Fsp3) is 0.545. The third-order valence-corrected chi connectivity index (χ3v) is 8.90. The third-order valence-electron chi connectivity index (χ3n) is 6.53. The van der Waals surface area contributed by atoms with Crippen LogP contribution in [0.4, 0.5) is 0 Å². The first-order valence-electron chi connectivity index (χ1n) is 10.8. The molecule has 168 valence electrons. The van der Waals surface area contributed by atoms with E-state index in [4.69, 9.17) is 4.74 Å². The number of carbonyl (C=O) groups is 2. The number of nitrogens with zero attached hydrogens (tertiary/aromatic N) is 2. The van der Waals surface area contributed by atoms with Crippen molar-refractivity contribution in [2.45, 2.75) is 43.3 Å². The number of nitrogens with one attached hydrogen (secondary N) is 1. The quantitative estimate of drug-likeness (QED) is 0.688. The minimum Gasteiger partial charge on any atom is -0.354 e. The molecule has 0 spiro atoms. The Labute approximate surface area is 183 Å². The first kappa shape index (κ1) is 22.0. The smallest absolute Gasteiger partial charge is 0.253 e. The van der Waals surface area contributed by atoms with Crippen molar-refractivity contribution in [1.82, 2.24) is 14.5 Å². The molecule has 4 rings (SSSR count). The SMILES string of the molecule is C=CC(=O)NC1CC2CCN(S(=O)(=O)C3CCN(C(=O)c4ccccc4)CC3)CC2O1. The van der Waals surface area contributed by atoms with Crippen LogP contribution in [0.25, 0.3) is 0 Å². The number of carbonyl (C=O) groups excluding carboxylic acids is 2. The Morgan fingerprint density at radius 3 is 2.48 bits per heavy atom. The van der Waals surface area contributed by atoms with Crippen LogP contribution in [0.15, 0.2) is 43.0 Å². The third kappa shape index (κ3) is 4.68. The molecule has 3 aliphatic heterocycles. The Morgan fingerprint density at radius 1 is 1.10 bits per heavy atom. The average molecular weight is 448 g/mol. The lowest BCUT2D eigenvalue weighted by Crippen LogP contribution is -2.51. The molecule has 1 aromatic carbocycles. The molecule has 1 aromatic rings. The summed E-state index contributed by atoms with van der Waals surface area (Å²) < 4.78 is 34.0. The Kier molecular flexibility index (Phi) is 6.45. The molecule has 3 saturated heterocycles. The molecule has 31 heavy (non-hydrogen) atoms. The van der Waals surface area contributed by atoms with Crippen LogP contribution >= 0.6 is 0 Å². The number of fused-ring (bicyclic) bond motifs is 1. The van der Waals surface area contributed by atoms with Crippen molar-refractivity contribution in [1.29, 1.82) is 0 Å². The minimum atomic E-state index is -3.47. The molecular weight excluding hydrogens is 418 g/mol. The summed E-state index contributed by atoms with van der Waals surface area (Å²) in [5.41, 5.74) is 0.627. The highest BCUT2D eigenvalue weighted by atomic mass is 32.2. The molecule has 0 aliphatic carbocycles. The maximum Gasteiger partial charge on any atom is 0.253 e. The van der Waals surface area contributed by atoms with Gasteiger partial charge in [0.1, 0.15) is 6.23 Å². The number of ether oxygens (including phenoxy) is 1. The Balaban J connectivity index is 1.33. The van der Waals surface area contributed by atoms with Gasteiger partial charge in [0.15, 0.2) is 0 Å². The topological polar surface area (TPSA) is 96.0 Å². The van der Waals surface area contributed by atoms with Gasteiger partial charge in [-0.15, -0.1) is 0 Å².